The highest BCUT2D eigenvalue weighted by Gasteiger charge is 2.07. The van der Waals surface area contributed by atoms with Crippen molar-refractivity contribution in [3.05, 3.63) is 0 Å². The number of rotatable bonds is 7. The summed E-state index contributed by atoms with van der Waals surface area (Å²) in [6, 6.07) is 0. The lowest BCUT2D eigenvalue weighted by atomic mass is 9.94. The highest BCUT2D eigenvalue weighted by molar-refractivity contribution is 5.75. The zero-order valence-electron chi connectivity index (χ0n) is 8.73. The molecule has 12 heavy (non-hydrogen) atoms. The number of unbranched alkanes of at least 4 members (excludes halogenated alkanes) is 2. The van der Waals surface area contributed by atoms with Gasteiger partial charge in [-0.05, 0) is 12.8 Å². The molecule has 0 aliphatic carbocycles. The molecule has 72 valence electrons. The van der Waals surface area contributed by atoms with Crippen molar-refractivity contribution in [1.82, 2.24) is 0 Å². The van der Waals surface area contributed by atoms with Crippen LogP contribution in [0.15, 0.2) is 0 Å². The van der Waals surface area contributed by atoms with Gasteiger partial charge < -0.3 is 4.79 Å². The van der Waals surface area contributed by atoms with Gasteiger partial charge in [0.05, 0.1) is 0 Å². The van der Waals surface area contributed by atoms with Gasteiger partial charge in [-0.15, -0.1) is 0 Å². The fourth-order valence-electron chi connectivity index (χ4n) is 1.54. The molecule has 0 N–H and O–H groups in total. The van der Waals surface area contributed by atoms with Crippen LogP contribution in [0.3, 0.4) is 0 Å². The Bertz CT molecular complexity index is 118. The predicted octanol–water partition coefficient (Wildman–Crippen LogP) is 3.57. The summed E-state index contributed by atoms with van der Waals surface area (Å²) < 4.78 is 0. The minimum absolute atomic E-state index is 0.346. The summed E-state index contributed by atoms with van der Waals surface area (Å²) in [7, 11) is 0. The Morgan fingerprint density at radius 3 is 2.33 bits per heavy atom. The average molecular weight is 170 g/mol. The van der Waals surface area contributed by atoms with Crippen molar-refractivity contribution in [2.45, 2.75) is 59.3 Å². The van der Waals surface area contributed by atoms with E-state index in [0.29, 0.717) is 11.7 Å². The van der Waals surface area contributed by atoms with Gasteiger partial charge in [0.25, 0.3) is 0 Å². The van der Waals surface area contributed by atoms with Gasteiger partial charge in [-0.25, -0.2) is 0 Å². The number of hydrogen-bond acceptors (Lipinski definition) is 1. The van der Waals surface area contributed by atoms with Crippen molar-refractivity contribution < 1.29 is 4.79 Å². The second-order valence-corrected chi connectivity index (χ2v) is 3.68. The van der Waals surface area contributed by atoms with Gasteiger partial charge in [-0.2, -0.15) is 0 Å². The van der Waals surface area contributed by atoms with E-state index >= 15 is 0 Å². The minimum Gasteiger partial charge on any atom is -0.300 e. The molecule has 0 saturated carbocycles. The molecule has 0 saturated heterocycles. The second kappa shape index (κ2) is 7.33. The summed E-state index contributed by atoms with van der Waals surface area (Å²) in [6.45, 7) is 6.09. The molecule has 0 fully saturated rings. The smallest absolute Gasteiger partial charge is 0.130 e. The van der Waals surface area contributed by atoms with Gasteiger partial charge in [0.2, 0.25) is 0 Å². The van der Waals surface area contributed by atoms with Crippen molar-refractivity contribution >= 4 is 5.78 Å². The zero-order valence-corrected chi connectivity index (χ0v) is 8.73. The van der Waals surface area contributed by atoms with E-state index in [4.69, 9.17) is 0 Å². The molecule has 0 aromatic carbocycles. The maximum atomic E-state index is 10.8. The quantitative estimate of drug-likeness (QED) is 0.534. The molecule has 0 spiro atoms. The van der Waals surface area contributed by atoms with Crippen molar-refractivity contribution in [2.75, 3.05) is 0 Å². The zero-order chi connectivity index (χ0) is 9.40. The predicted molar refractivity (Wildman–Crippen MR) is 53.2 cm³/mol. The largest absolute Gasteiger partial charge is 0.300 e. The van der Waals surface area contributed by atoms with Gasteiger partial charge in [-0.3, -0.25) is 0 Å². The Morgan fingerprint density at radius 2 is 1.92 bits per heavy atom. The fourth-order valence-corrected chi connectivity index (χ4v) is 1.54. The van der Waals surface area contributed by atoms with Gasteiger partial charge in [0.1, 0.15) is 5.78 Å². The summed E-state index contributed by atoms with van der Waals surface area (Å²) in [5, 5.41) is 0. The summed E-state index contributed by atoms with van der Waals surface area (Å²) in [5.41, 5.74) is 0. The van der Waals surface area contributed by atoms with Crippen molar-refractivity contribution in [2.24, 2.45) is 5.92 Å². The Balaban J connectivity index is 3.46. The highest BCUT2D eigenvalue weighted by Crippen LogP contribution is 2.17. The Hall–Kier alpha value is -0.330. The van der Waals surface area contributed by atoms with Crippen LogP contribution in [0.1, 0.15) is 59.3 Å². The molecule has 1 atom stereocenters. The summed E-state index contributed by atoms with van der Waals surface area (Å²) in [4.78, 5) is 10.8. The molecular formula is C11H22O. The molecule has 0 aromatic rings. The Morgan fingerprint density at radius 1 is 1.25 bits per heavy atom. The van der Waals surface area contributed by atoms with E-state index in [9.17, 15) is 4.79 Å². The first kappa shape index (κ1) is 11.7. The maximum absolute atomic E-state index is 10.8. The fraction of sp³-hybridized carbons (Fsp3) is 0.909. The van der Waals surface area contributed by atoms with E-state index < -0.39 is 0 Å². The van der Waals surface area contributed by atoms with Crippen molar-refractivity contribution in [1.29, 1.82) is 0 Å². The number of Topliss-reactive ketones (excluding diaryl/α,β-unsaturated/α-hetero) is 1. The maximum Gasteiger partial charge on any atom is 0.130 e. The molecular weight excluding hydrogens is 148 g/mol. The molecule has 0 rings (SSSR count). The third kappa shape index (κ3) is 6.38. The van der Waals surface area contributed by atoms with Crippen LogP contribution in [0.25, 0.3) is 0 Å². The lowest BCUT2D eigenvalue weighted by Gasteiger charge is -2.11. The molecule has 1 unspecified atom stereocenters. The number of carbonyl (C=O) groups is 1. The lowest BCUT2D eigenvalue weighted by Crippen LogP contribution is -2.04. The van der Waals surface area contributed by atoms with E-state index in [-0.39, 0.29) is 0 Å². The number of hydrogen-bond donors (Lipinski definition) is 0. The third-order valence-corrected chi connectivity index (χ3v) is 2.37. The van der Waals surface area contributed by atoms with E-state index in [1.807, 2.05) is 0 Å². The highest BCUT2D eigenvalue weighted by atomic mass is 16.1. The van der Waals surface area contributed by atoms with Gasteiger partial charge in [0, 0.05) is 6.42 Å². The van der Waals surface area contributed by atoms with Crippen molar-refractivity contribution in [3.63, 3.8) is 0 Å². The monoisotopic (exact) mass is 170 g/mol. The molecule has 0 aromatic heterocycles. The molecule has 0 bridgehead atoms. The summed E-state index contributed by atoms with van der Waals surface area (Å²) in [6.07, 6.45) is 7.07. The number of carbonyl (C=O) groups excluding carboxylic acids is 1. The van der Waals surface area contributed by atoms with Crippen LogP contribution in [0, 0.1) is 5.92 Å². The van der Waals surface area contributed by atoms with E-state index in [0.717, 1.165) is 12.8 Å². The summed E-state index contributed by atoms with van der Waals surface area (Å²) >= 11 is 0. The second-order valence-electron chi connectivity index (χ2n) is 3.68. The Labute approximate surface area is 76.6 Å². The van der Waals surface area contributed by atoms with Crippen LogP contribution >= 0.6 is 0 Å². The number of ketones is 1. The lowest BCUT2D eigenvalue weighted by molar-refractivity contribution is -0.117. The van der Waals surface area contributed by atoms with E-state index in [2.05, 4.69) is 13.8 Å². The standard InChI is InChI=1S/C11H22O/c1-4-6-7-8-11(5-2)9-10(3)12/h11H,4-9H2,1-3H3. The van der Waals surface area contributed by atoms with Gasteiger partial charge >= 0.3 is 0 Å². The molecule has 1 heteroatoms. The van der Waals surface area contributed by atoms with E-state index in [1.54, 1.807) is 6.92 Å². The SMILES string of the molecule is CCCCCC(CC)CC(C)=O. The van der Waals surface area contributed by atoms with Crippen LogP contribution in [-0.2, 0) is 4.79 Å². The third-order valence-electron chi connectivity index (χ3n) is 2.37. The molecule has 0 amide bonds. The molecule has 0 aliphatic heterocycles. The van der Waals surface area contributed by atoms with Gasteiger partial charge in [0.15, 0.2) is 0 Å². The van der Waals surface area contributed by atoms with Crippen LogP contribution in [0.5, 0.6) is 0 Å². The topological polar surface area (TPSA) is 17.1 Å². The molecule has 0 radical (unpaired) electrons. The van der Waals surface area contributed by atoms with Crippen LogP contribution in [-0.4, -0.2) is 5.78 Å². The van der Waals surface area contributed by atoms with Gasteiger partial charge in [-0.1, -0.05) is 46.0 Å². The summed E-state index contributed by atoms with van der Waals surface area (Å²) in [5.74, 6) is 0.993. The molecule has 0 aliphatic rings. The first-order valence-corrected chi connectivity index (χ1v) is 5.20. The van der Waals surface area contributed by atoms with E-state index in [1.165, 1.54) is 25.7 Å². The molecule has 0 heterocycles. The average Bonchev–Trinajstić information content (AvgIpc) is 2.02. The first-order chi connectivity index (χ1) is 5.70. The molecule has 1 nitrogen and oxygen atoms in total. The van der Waals surface area contributed by atoms with Crippen LogP contribution in [0.2, 0.25) is 0 Å². The van der Waals surface area contributed by atoms with Crippen LogP contribution < -0.4 is 0 Å². The minimum atomic E-state index is 0.346. The van der Waals surface area contributed by atoms with Crippen LogP contribution in [0.4, 0.5) is 0 Å². The normalized spacial score (nSPS) is 12.9. The van der Waals surface area contributed by atoms with Crippen molar-refractivity contribution in [3.8, 4) is 0 Å². The Kier molecular flexibility index (Phi) is 7.12. The first-order valence-electron chi connectivity index (χ1n) is 5.20.